The van der Waals surface area contributed by atoms with E-state index in [0.29, 0.717) is 41.8 Å². The Hall–Kier alpha value is -2.41. The highest BCUT2D eigenvalue weighted by atomic mass is 79.9. The molecular formula is C23H23BrNO5-. The van der Waals surface area contributed by atoms with Gasteiger partial charge in [0.25, 0.3) is 0 Å². The summed E-state index contributed by atoms with van der Waals surface area (Å²) in [7, 11) is 0. The number of aliphatic carboxylic acids is 1. The number of ketones is 2. The fraction of sp³-hybridized carbons (Fsp3) is 0.435. The molecule has 6 nitrogen and oxygen atoms in total. The minimum absolute atomic E-state index is 0.0513. The van der Waals surface area contributed by atoms with Gasteiger partial charge in [-0.05, 0) is 50.8 Å². The van der Waals surface area contributed by atoms with Crippen molar-refractivity contribution in [2.24, 2.45) is 0 Å². The number of hydrogen-bond acceptors (Lipinski definition) is 6. The molecule has 0 spiro atoms. The zero-order valence-corrected chi connectivity index (χ0v) is 18.4. The second-order valence-electron chi connectivity index (χ2n) is 7.79. The standard InChI is InChI=1S/C23H24BrNO5/c1-2-25-15-5-3-7-17(26)22(15)21(23-16(25)6-4-8-18(23)27)14-11-13(24)9-10-19(14)30-12-20(28)29/h9-11,21H,2-8,12H2,1H3,(H,28,29)/p-1. The Labute approximate surface area is 183 Å². The van der Waals surface area contributed by atoms with Crippen molar-refractivity contribution in [3.8, 4) is 5.75 Å². The quantitative estimate of drug-likeness (QED) is 0.654. The Balaban J connectivity index is 1.95. The molecule has 0 unspecified atom stereocenters. The van der Waals surface area contributed by atoms with Gasteiger partial charge in [0, 0.05) is 57.9 Å². The van der Waals surface area contributed by atoms with Gasteiger partial charge < -0.3 is 19.5 Å². The Kier molecular flexibility index (Phi) is 5.82. The van der Waals surface area contributed by atoms with Crippen LogP contribution in [0.2, 0.25) is 0 Å². The number of hydrogen-bond donors (Lipinski definition) is 0. The molecule has 0 aromatic heterocycles. The van der Waals surface area contributed by atoms with Crippen LogP contribution in [0.5, 0.6) is 5.75 Å². The molecule has 1 aromatic rings. The van der Waals surface area contributed by atoms with Gasteiger partial charge in [0.15, 0.2) is 11.6 Å². The molecular weight excluding hydrogens is 450 g/mol. The normalized spacial score (nSPS) is 19.7. The van der Waals surface area contributed by atoms with Gasteiger partial charge in [-0.25, -0.2) is 0 Å². The van der Waals surface area contributed by atoms with Crippen LogP contribution in [0.15, 0.2) is 45.2 Å². The molecule has 4 rings (SSSR count). The summed E-state index contributed by atoms with van der Waals surface area (Å²) in [5.41, 5.74) is 3.96. The van der Waals surface area contributed by atoms with Crippen molar-refractivity contribution in [2.75, 3.05) is 13.2 Å². The van der Waals surface area contributed by atoms with Crippen LogP contribution in [0.25, 0.3) is 0 Å². The van der Waals surface area contributed by atoms with E-state index in [1.54, 1.807) is 12.1 Å². The molecule has 2 aliphatic carbocycles. The van der Waals surface area contributed by atoms with Crippen LogP contribution >= 0.6 is 15.9 Å². The molecule has 0 amide bonds. The molecule has 1 heterocycles. The van der Waals surface area contributed by atoms with Gasteiger partial charge in [-0.3, -0.25) is 9.59 Å². The first-order valence-corrected chi connectivity index (χ1v) is 11.1. The van der Waals surface area contributed by atoms with Crippen LogP contribution in [0.3, 0.4) is 0 Å². The summed E-state index contributed by atoms with van der Waals surface area (Å²) >= 11 is 3.48. The van der Waals surface area contributed by atoms with Gasteiger partial charge in [-0.2, -0.15) is 0 Å². The van der Waals surface area contributed by atoms with Crippen molar-refractivity contribution in [2.45, 2.75) is 51.4 Å². The molecule has 30 heavy (non-hydrogen) atoms. The SMILES string of the molecule is CCN1C2=C(C(=O)CCC2)C(c2cc(Br)ccc2OCC(=O)[O-])C2=C1CCCC2=O. The number of carboxylic acids is 1. The number of carboxylic acid groups (broad SMARTS) is 1. The average Bonchev–Trinajstić information content (AvgIpc) is 2.71. The molecule has 0 bridgehead atoms. The highest BCUT2D eigenvalue weighted by Gasteiger charge is 2.43. The summed E-state index contributed by atoms with van der Waals surface area (Å²) in [6.07, 6.45) is 4.08. The number of nitrogens with zero attached hydrogens (tertiary/aromatic N) is 1. The maximum absolute atomic E-state index is 13.1. The second-order valence-corrected chi connectivity index (χ2v) is 8.71. The van der Waals surface area contributed by atoms with Gasteiger partial charge in [0.2, 0.25) is 0 Å². The molecule has 158 valence electrons. The monoisotopic (exact) mass is 472 g/mol. The van der Waals surface area contributed by atoms with Crippen molar-refractivity contribution in [3.63, 3.8) is 0 Å². The first kappa shape index (κ1) is 20.8. The highest BCUT2D eigenvalue weighted by Crippen LogP contribution is 2.51. The van der Waals surface area contributed by atoms with Crippen LogP contribution in [-0.2, 0) is 14.4 Å². The molecule has 1 aliphatic heterocycles. The van der Waals surface area contributed by atoms with Crippen molar-refractivity contribution in [1.82, 2.24) is 4.90 Å². The Morgan fingerprint density at radius 2 is 1.70 bits per heavy atom. The van der Waals surface area contributed by atoms with Gasteiger partial charge in [-0.15, -0.1) is 0 Å². The van der Waals surface area contributed by atoms with Crippen molar-refractivity contribution in [1.29, 1.82) is 0 Å². The number of benzene rings is 1. The van der Waals surface area contributed by atoms with E-state index in [-0.39, 0.29) is 11.6 Å². The maximum Gasteiger partial charge on any atom is 0.161 e. The fourth-order valence-electron chi connectivity index (χ4n) is 4.92. The number of carbonyl (C=O) groups is 3. The van der Waals surface area contributed by atoms with E-state index >= 15 is 0 Å². The second kappa shape index (κ2) is 8.38. The van der Waals surface area contributed by atoms with Gasteiger partial charge in [0.1, 0.15) is 12.4 Å². The lowest BCUT2D eigenvalue weighted by atomic mass is 9.70. The molecule has 0 radical (unpaired) electrons. The van der Waals surface area contributed by atoms with Gasteiger partial charge >= 0.3 is 0 Å². The largest absolute Gasteiger partial charge is 0.546 e. The predicted octanol–water partition coefficient (Wildman–Crippen LogP) is 3.01. The zero-order chi connectivity index (χ0) is 21.4. The molecule has 0 saturated heterocycles. The summed E-state index contributed by atoms with van der Waals surface area (Å²) in [6, 6.07) is 5.26. The topological polar surface area (TPSA) is 86.7 Å². The summed E-state index contributed by atoms with van der Waals surface area (Å²) in [6.45, 7) is 2.15. The van der Waals surface area contributed by atoms with E-state index in [2.05, 4.69) is 20.8 Å². The van der Waals surface area contributed by atoms with Crippen molar-refractivity contribution >= 4 is 33.5 Å². The molecule has 3 aliphatic rings. The van der Waals surface area contributed by atoms with Gasteiger partial charge in [-0.1, -0.05) is 15.9 Å². The number of carbonyl (C=O) groups excluding carboxylic acids is 3. The number of halogens is 1. The summed E-state index contributed by atoms with van der Waals surface area (Å²) < 4.78 is 6.30. The summed E-state index contributed by atoms with van der Waals surface area (Å²) in [5, 5.41) is 11.0. The lowest BCUT2D eigenvalue weighted by Gasteiger charge is -2.43. The minimum atomic E-state index is -1.33. The molecule has 0 N–H and O–H groups in total. The fourth-order valence-corrected chi connectivity index (χ4v) is 5.30. The molecule has 0 atom stereocenters. The Bertz CT molecular complexity index is 949. The third-order valence-electron chi connectivity index (χ3n) is 6.03. The van der Waals surface area contributed by atoms with Crippen LogP contribution in [0.1, 0.15) is 56.9 Å². The van der Waals surface area contributed by atoms with Crippen molar-refractivity contribution < 1.29 is 24.2 Å². The lowest BCUT2D eigenvalue weighted by molar-refractivity contribution is -0.307. The third kappa shape index (κ3) is 3.60. The van der Waals surface area contributed by atoms with E-state index in [0.717, 1.165) is 41.6 Å². The van der Waals surface area contributed by atoms with Crippen LogP contribution in [0.4, 0.5) is 0 Å². The number of ether oxygens (including phenoxy) is 1. The molecule has 7 heteroatoms. The van der Waals surface area contributed by atoms with E-state index in [9.17, 15) is 19.5 Å². The molecule has 0 fully saturated rings. The van der Waals surface area contributed by atoms with Crippen molar-refractivity contribution in [3.05, 3.63) is 50.8 Å². The van der Waals surface area contributed by atoms with E-state index in [1.165, 1.54) is 0 Å². The zero-order valence-electron chi connectivity index (χ0n) is 16.8. The highest BCUT2D eigenvalue weighted by molar-refractivity contribution is 9.10. The molecule has 0 saturated carbocycles. The van der Waals surface area contributed by atoms with Gasteiger partial charge in [0.05, 0.1) is 5.97 Å². The first-order valence-electron chi connectivity index (χ1n) is 10.3. The van der Waals surface area contributed by atoms with E-state index in [4.69, 9.17) is 4.74 Å². The Morgan fingerprint density at radius 1 is 1.10 bits per heavy atom. The predicted molar refractivity (Wildman–Crippen MR) is 112 cm³/mol. The van der Waals surface area contributed by atoms with Crippen LogP contribution < -0.4 is 9.84 Å². The number of Topliss-reactive ketones (excluding diaryl/α,β-unsaturated/α-hetero) is 2. The smallest absolute Gasteiger partial charge is 0.161 e. The summed E-state index contributed by atoms with van der Waals surface area (Å²) in [4.78, 5) is 39.4. The molecule has 1 aromatic carbocycles. The lowest BCUT2D eigenvalue weighted by Crippen LogP contribution is -2.39. The number of rotatable bonds is 5. The third-order valence-corrected chi connectivity index (χ3v) is 6.52. The van der Waals surface area contributed by atoms with Crippen LogP contribution in [0, 0.1) is 0 Å². The Morgan fingerprint density at radius 3 is 2.23 bits per heavy atom. The van der Waals surface area contributed by atoms with E-state index < -0.39 is 18.5 Å². The summed E-state index contributed by atoms with van der Waals surface area (Å²) in [5.74, 6) is -1.40. The van der Waals surface area contributed by atoms with E-state index in [1.807, 2.05) is 13.0 Å². The maximum atomic E-state index is 13.1. The first-order chi connectivity index (χ1) is 14.4. The number of allylic oxidation sites excluding steroid dienone is 4. The minimum Gasteiger partial charge on any atom is -0.546 e. The average molecular weight is 473 g/mol. The van der Waals surface area contributed by atoms with Crippen LogP contribution in [-0.4, -0.2) is 35.6 Å².